The van der Waals surface area contributed by atoms with Crippen LogP contribution in [0.3, 0.4) is 0 Å². The van der Waals surface area contributed by atoms with Crippen molar-refractivity contribution in [3.8, 4) is 34.5 Å². The second-order valence-electron chi connectivity index (χ2n) is 10.3. The quantitative estimate of drug-likeness (QED) is 0.0696. The predicted octanol–water partition coefficient (Wildman–Crippen LogP) is 3.09. The van der Waals surface area contributed by atoms with E-state index in [9.17, 15) is 43.0 Å². The van der Waals surface area contributed by atoms with Gasteiger partial charge in [-0.3, -0.25) is 9.59 Å². The largest absolute Gasteiger partial charge is 0.522 e. The van der Waals surface area contributed by atoms with Gasteiger partial charge in [0.25, 0.3) is 21.8 Å². The first-order valence-electron chi connectivity index (χ1n) is 13.7. The SMILES string of the molecule is CC(COc1cc2cc(S(=O)(=O)NC[P+](=O)O)sc2cc1OCC(C)NC(=O)c1ccc(O)c(O)c1)NC(=O)c1ccc(O)c(O)c1. The third-order valence-corrected chi connectivity index (χ3v) is 10.0. The molecule has 250 valence electrons. The van der Waals surface area contributed by atoms with Gasteiger partial charge in [-0.15, -0.1) is 11.3 Å². The van der Waals surface area contributed by atoms with Gasteiger partial charge in [-0.25, -0.2) is 8.42 Å². The molecule has 4 aromatic rings. The molecule has 0 spiro atoms. The van der Waals surface area contributed by atoms with Gasteiger partial charge in [0.05, 0.1) is 12.1 Å². The van der Waals surface area contributed by atoms with Crippen molar-refractivity contribution in [1.82, 2.24) is 15.4 Å². The summed E-state index contributed by atoms with van der Waals surface area (Å²) in [5, 5.41) is 44.3. The predicted molar refractivity (Wildman–Crippen MR) is 171 cm³/mol. The van der Waals surface area contributed by atoms with Gasteiger partial charge in [-0.05, 0) is 72.3 Å². The zero-order chi connectivity index (χ0) is 34.5. The van der Waals surface area contributed by atoms with E-state index in [4.69, 9.17) is 14.4 Å². The number of sulfonamides is 1. The molecule has 0 aliphatic carbocycles. The smallest absolute Gasteiger partial charge is 0.504 e. The van der Waals surface area contributed by atoms with Crippen molar-refractivity contribution in [2.45, 2.75) is 30.1 Å². The van der Waals surface area contributed by atoms with Crippen LogP contribution in [0.25, 0.3) is 10.1 Å². The van der Waals surface area contributed by atoms with Crippen molar-refractivity contribution in [2.24, 2.45) is 0 Å². The lowest BCUT2D eigenvalue weighted by Crippen LogP contribution is -2.37. The third-order valence-electron chi connectivity index (χ3n) is 6.42. The number of nitrogens with one attached hydrogen (secondary N) is 3. The van der Waals surface area contributed by atoms with E-state index in [1.54, 1.807) is 13.8 Å². The summed E-state index contributed by atoms with van der Waals surface area (Å²) in [5.74, 6) is -2.39. The van der Waals surface area contributed by atoms with Gasteiger partial charge < -0.3 is 40.5 Å². The zero-order valence-electron chi connectivity index (χ0n) is 24.8. The summed E-state index contributed by atoms with van der Waals surface area (Å²) >= 11 is 0.884. The van der Waals surface area contributed by atoms with E-state index in [0.29, 0.717) is 10.1 Å². The van der Waals surface area contributed by atoms with Crippen molar-refractivity contribution < 1.29 is 57.4 Å². The summed E-state index contributed by atoms with van der Waals surface area (Å²) in [6, 6.07) is 10.5. The van der Waals surface area contributed by atoms with Crippen molar-refractivity contribution in [2.75, 3.05) is 19.5 Å². The highest BCUT2D eigenvalue weighted by Gasteiger charge is 2.24. The van der Waals surface area contributed by atoms with Gasteiger partial charge in [0.2, 0.25) is 6.29 Å². The molecule has 15 nitrogen and oxygen atoms in total. The zero-order valence-corrected chi connectivity index (χ0v) is 27.4. The van der Waals surface area contributed by atoms with E-state index in [1.807, 2.05) is 0 Å². The van der Waals surface area contributed by atoms with Crippen LogP contribution in [0.5, 0.6) is 34.5 Å². The maximum atomic E-state index is 12.7. The third kappa shape index (κ3) is 9.21. The molecule has 0 radical (unpaired) electrons. The lowest BCUT2D eigenvalue weighted by Gasteiger charge is -2.19. The summed E-state index contributed by atoms with van der Waals surface area (Å²) in [6.45, 7) is 3.16. The Labute approximate surface area is 273 Å². The number of thiophene rings is 1. The maximum Gasteiger partial charge on any atom is 0.522 e. The molecule has 1 heterocycles. The molecule has 3 unspecified atom stereocenters. The van der Waals surface area contributed by atoms with E-state index in [1.165, 1.54) is 42.5 Å². The van der Waals surface area contributed by atoms with Crippen LogP contribution in [0.1, 0.15) is 34.6 Å². The second-order valence-corrected chi connectivity index (χ2v) is 14.4. The van der Waals surface area contributed by atoms with Gasteiger partial charge in [-0.1, -0.05) is 0 Å². The molecule has 2 amide bonds. The topological polar surface area (TPSA) is 241 Å². The minimum Gasteiger partial charge on any atom is -0.504 e. The van der Waals surface area contributed by atoms with Crippen LogP contribution in [0, 0.1) is 0 Å². The summed E-state index contributed by atoms with van der Waals surface area (Å²) in [4.78, 5) is 34.3. The molecule has 3 aromatic carbocycles. The Morgan fingerprint density at radius 1 is 0.787 bits per heavy atom. The molecule has 0 saturated heterocycles. The van der Waals surface area contributed by atoms with E-state index in [0.717, 1.165) is 23.5 Å². The maximum absolute atomic E-state index is 12.7. The Kier molecular flexibility index (Phi) is 11.1. The van der Waals surface area contributed by atoms with E-state index < -0.39 is 59.7 Å². The lowest BCUT2D eigenvalue weighted by atomic mass is 10.2. The van der Waals surface area contributed by atoms with Gasteiger partial charge in [0.1, 0.15) is 17.4 Å². The summed E-state index contributed by atoms with van der Waals surface area (Å²) in [6.07, 6.45) is -0.657. The Morgan fingerprint density at radius 2 is 1.28 bits per heavy atom. The fourth-order valence-corrected chi connectivity index (χ4v) is 7.28. The van der Waals surface area contributed by atoms with Crippen LogP contribution in [0.4, 0.5) is 0 Å². The highest BCUT2D eigenvalue weighted by Crippen LogP contribution is 2.38. The standard InChI is InChI=1S/C29H30N3O12PS2/c1-15(31-28(37)17-3-5-20(33)22(35)7-17)12-43-24-9-19-10-27(47(41,42)30-14-45(39)40)46-26(19)11-25(24)44-13-16(2)32-29(38)18-4-6-21(34)23(36)8-18/h3-11,15-16,30H,12-14H2,1-2H3,(H6-,31,32,33,34,35,36,37,38,39,40)/p+1. The van der Waals surface area contributed by atoms with Crippen LogP contribution in [0.15, 0.2) is 58.8 Å². The molecule has 0 aliphatic rings. The van der Waals surface area contributed by atoms with Crippen LogP contribution in [0.2, 0.25) is 0 Å². The van der Waals surface area contributed by atoms with Gasteiger partial charge in [0, 0.05) is 21.9 Å². The number of phenolic OH excluding ortho intramolecular Hbond substituents is 4. The van der Waals surface area contributed by atoms with E-state index >= 15 is 0 Å². The number of rotatable bonds is 14. The molecule has 3 atom stereocenters. The summed E-state index contributed by atoms with van der Waals surface area (Å²) in [7, 11) is -6.85. The molecule has 47 heavy (non-hydrogen) atoms. The number of aromatic hydroxyl groups is 4. The number of fused-ring (bicyclic) bond motifs is 1. The number of hydrogen-bond acceptors (Lipinski definition) is 12. The molecular formula is C29H31N3O12PS2+. The van der Waals surface area contributed by atoms with E-state index in [-0.39, 0.29) is 51.5 Å². The highest BCUT2D eigenvalue weighted by molar-refractivity contribution is 7.92. The van der Waals surface area contributed by atoms with Gasteiger partial charge in [0.15, 0.2) is 34.5 Å². The number of amides is 2. The summed E-state index contributed by atoms with van der Waals surface area (Å²) in [5.41, 5.74) is 0.199. The van der Waals surface area contributed by atoms with Crippen molar-refractivity contribution in [1.29, 1.82) is 0 Å². The molecule has 0 fully saturated rings. The molecule has 0 saturated carbocycles. The van der Waals surface area contributed by atoms with E-state index in [2.05, 4.69) is 15.4 Å². The van der Waals surface area contributed by atoms with Gasteiger partial charge >= 0.3 is 8.03 Å². The minimum atomic E-state index is -4.10. The molecule has 1 aromatic heterocycles. The normalized spacial score (nSPS) is 13.0. The van der Waals surface area contributed by atoms with Crippen LogP contribution in [-0.4, -0.2) is 77.1 Å². The molecule has 4 rings (SSSR count). The first-order valence-corrected chi connectivity index (χ1v) is 17.4. The molecule has 8 N–H and O–H groups in total. The Bertz CT molecular complexity index is 1820. The fraction of sp³-hybridized carbons (Fsp3) is 0.241. The number of carbonyl (C=O) groups is 2. The first kappa shape index (κ1) is 35.2. The first-order chi connectivity index (χ1) is 22.1. The summed E-state index contributed by atoms with van der Waals surface area (Å²) < 4.78 is 50.8. The number of carbonyl (C=O) groups excluding carboxylic acids is 2. The average molecular weight is 709 g/mol. The van der Waals surface area contributed by atoms with Crippen LogP contribution in [-0.2, 0) is 14.6 Å². The van der Waals surface area contributed by atoms with Crippen LogP contribution >= 0.6 is 19.4 Å². The lowest BCUT2D eigenvalue weighted by molar-refractivity contribution is 0.0913. The van der Waals surface area contributed by atoms with Crippen molar-refractivity contribution in [3.63, 3.8) is 0 Å². The van der Waals surface area contributed by atoms with Crippen molar-refractivity contribution in [3.05, 3.63) is 65.7 Å². The Morgan fingerprint density at radius 3 is 1.74 bits per heavy atom. The van der Waals surface area contributed by atoms with Gasteiger partial charge in [-0.2, -0.15) is 9.62 Å². The highest BCUT2D eigenvalue weighted by atomic mass is 32.2. The van der Waals surface area contributed by atoms with Crippen molar-refractivity contribution >= 4 is 51.3 Å². The Balaban J connectivity index is 1.52. The number of phenols is 4. The minimum absolute atomic E-state index is 0.0735. The Hall–Kier alpha value is -4.67. The number of benzene rings is 3. The second kappa shape index (κ2) is 14.8. The molecule has 18 heteroatoms. The number of ether oxygens (including phenoxy) is 2. The molecular weight excluding hydrogens is 677 g/mol. The van der Waals surface area contributed by atoms with Crippen LogP contribution < -0.4 is 24.8 Å². The molecule has 0 bridgehead atoms. The number of hydrogen-bond donors (Lipinski definition) is 8. The fourth-order valence-electron chi connectivity index (χ4n) is 4.05. The average Bonchev–Trinajstić information content (AvgIpc) is 3.44. The monoisotopic (exact) mass is 708 g/mol. The molecule has 0 aliphatic heterocycles.